The zero-order chi connectivity index (χ0) is 18.2. The highest BCUT2D eigenvalue weighted by molar-refractivity contribution is 5.80. The first-order chi connectivity index (χ1) is 11.6. The molecule has 1 saturated carbocycles. The van der Waals surface area contributed by atoms with Crippen molar-refractivity contribution >= 4 is 10.9 Å². The molecule has 1 aliphatic carbocycles. The van der Waals surface area contributed by atoms with Gasteiger partial charge in [-0.05, 0) is 46.5 Å². The number of ether oxygens (including phenoxy) is 1. The van der Waals surface area contributed by atoms with Gasteiger partial charge in [0.15, 0.2) is 0 Å². The molecule has 3 rings (SSSR count). The average molecular weight is 353 g/mol. The summed E-state index contributed by atoms with van der Waals surface area (Å²) in [5, 5.41) is 0.309. The lowest BCUT2D eigenvalue weighted by atomic mass is 9.86. The van der Waals surface area contributed by atoms with E-state index in [-0.39, 0.29) is 23.1 Å². The monoisotopic (exact) mass is 353 g/mol. The van der Waals surface area contributed by atoms with Gasteiger partial charge in [-0.15, -0.1) is 0 Å². The molecule has 1 aliphatic rings. The normalized spacial score (nSPS) is 22.3. The lowest BCUT2D eigenvalue weighted by Gasteiger charge is -2.33. The maximum Gasteiger partial charge on any atom is 0.419 e. The lowest BCUT2D eigenvalue weighted by Crippen LogP contribution is -2.30. The van der Waals surface area contributed by atoms with Crippen molar-refractivity contribution in [2.45, 2.75) is 70.3 Å². The third-order valence-electron chi connectivity index (χ3n) is 4.37. The Morgan fingerprint density at radius 2 is 1.68 bits per heavy atom. The Balaban J connectivity index is 1.81. The van der Waals surface area contributed by atoms with E-state index in [9.17, 15) is 13.2 Å². The predicted octanol–water partition coefficient (Wildman–Crippen LogP) is 4.88. The topological polar surface area (TPSA) is 47.9 Å². The zero-order valence-electron chi connectivity index (χ0n) is 14.6. The molecule has 2 aromatic rings. The van der Waals surface area contributed by atoms with Crippen LogP contribution in [0.1, 0.15) is 63.8 Å². The van der Waals surface area contributed by atoms with E-state index in [1.165, 1.54) is 12.4 Å². The summed E-state index contributed by atoms with van der Waals surface area (Å²) in [6, 6.07) is 0. The first-order valence-corrected chi connectivity index (χ1v) is 8.49. The number of hydrogen-bond acceptors (Lipinski definition) is 4. The van der Waals surface area contributed by atoms with Crippen LogP contribution in [0.25, 0.3) is 10.9 Å². The van der Waals surface area contributed by atoms with Crippen LogP contribution in [0.5, 0.6) is 0 Å². The van der Waals surface area contributed by atoms with Crippen molar-refractivity contribution < 1.29 is 17.9 Å². The summed E-state index contributed by atoms with van der Waals surface area (Å²) in [4.78, 5) is 12.2. The van der Waals surface area contributed by atoms with Crippen molar-refractivity contribution in [3.8, 4) is 0 Å². The van der Waals surface area contributed by atoms with Crippen LogP contribution in [0.2, 0.25) is 0 Å². The molecular formula is C18H22F3N3O. The van der Waals surface area contributed by atoms with Crippen LogP contribution in [0, 0.1) is 0 Å². The van der Waals surface area contributed by atoms with Crippen LogP contribution < -0.4 is 0 Å². The fraction of sp³-hybridized carbons (Fsp3) is 0.611. The summed E-state index contributed by atoms with van der Waals surface area (Å²) in [7, 11) is 0. The van der Waals surface area contributed by atoms with Crippen molar-refractivity contribution in [2.75, 3.05) is 0 Å². The molecule has 25 heavy (non-hydrogen) atoms. The molecule has 0 saturated heterocycles. The minimum absolute atomic E-state index is 0.0680. The molecule has 2 aromatic heterocycles. The Kier molecular flexibility index (Phi) is 4.70. The molecule has 0 atom stereocenters. The number of alkyl halides is 3. The van der Waals surface area contributed by atoms with E-state index in [0.29, 0.717) is 11.2 Å². The number of aromatic nitrogens is 3. The van der Waals surface area contributed by atoms with Gasteiger partial charge in [0.2, 0.25) is 0 Å². The zero-order valence-corrected chi connectivity index (χ0v) is 14.6. The summed E-state index contributed by atoms with van der Waals surface area (Å²) < 4.78 is 45.5. The van der Waals surface area contributed by atoms with Crippen molar-refractivity contribution in [3.63, 3.8) is 0 Å². The minimum atomic E-state index is -4.48. The Morgan fingerprint density at radius 3 is 2.28 bits per heavy atom. The minimum Gasteiger partial charge on any atom is -0.373 e. The lowest BCUT2D eigenvalue weighted by molar-refractivity contribution is -0.136. The van der Waals surface area contributed by atoms with Gasteiger partial charge in [0.05, 0.1) is 17.2 Å². The fourth-order valence-corrected chi connectivity index (χ4v) is 3.31. The summed E-state index contributed by atoms with van der Waals surface area (Å²) in [5.41, 5.74) is -1.06. The van der Waals surface area contributed by atoms with Crippen molar-refractivity contribution in [1.29, 1.82) is 0 Å². The van der Waals surface area contributed by atoms with Gasteiger partial charge in [-0.2, -0.15) is 13.2 Å². The Morgan fingerprint density at radius 1 is 1.00 bits per heavy atom. The first kappa shape index (κ1) is 18.0. The van der Waals surface area contributed by atoms with E-state index in [2.05, 4.69) is 15.0 Å². The standard InChI is InChI=1S/C18H22F3N3O/c1-17(2,3)25-13-6-4-11(5-7-13)16-23-9-12-8-22-10-14(15(12)24-16)18(19,20)21/h8-11,13H,4-7H2,1-3H3. The van der Waals surface area contributed by atoms with Gasteiger partial charge in [-0.25, -0.2) is 9.97 Å². The maximum absolute atomic E-state index is 13.2. The average Bonchev–Trinajstić information content (AvgIpc) is 2.52. The molecule has 1 fully saturated rings. The molecule has 7 heteroatoms. The number of halogens is 3. The molecule has 4 nitrogen and oxygen atoms in total. The third kappa shape index (κ3) is 4.26. The Labute approximate surface area is 144 Å². The highest BCUT2D eigenvalue weighted by atomic mass is 19.4. The molecule has 0 amide bonds. The van der Waals surface area contributed by atoms with E-state index in [1.807, 2.05) is 20.8 Å². The van der Waals surface area contributed by atoms with E-state index in [1.54, 1.807) is 0 Å². The van der Waals surface area contributed by atoms with Crippen LogP contribution in [0.4, 0.5) is 13.2 Å². The van der Waals surface area contributed by atoms with Crippen molar-refractivity contribution in [2.24, 2.45) is 0 Å². The second-order valence-electron chi connectivity index (χ2n) is 7.55. The molecule has 0 spiro atoms. The quantitative estimate of drug-likeness (QED) is 0.772. The summed E-state index contributed by atoms with van der Waals surface area (Å²) >= 11 is 0. The van der Waals surface area contributed by atoms with Gasteiger partial charge < -0.3 is 4.74 Å². The van der Waals surface area contributed by atoms with E-state index < -0.39 is 11.7 Å². The maximum atomic E-state index is 13.2. The molecule has 2 heterocycles. The van der Waals surface area contributed by atoms with Crippen LogP contribution in [-0.4, -0.2) is 26.7 Å². The molecule has 0 N–H and O–H groups in total. The van der Waals surface area contributed by atoms with Gasteiger partial charge in [0.25, 0.3) is 0 Å². The SMILES string of the molecule is CC(C)(C)OC1CCC(c2ncc3cncc(C(F)(F)F)c3n2)CC1. The van der Waals surface area contributed by atoms with Gasteiger partial charge in [0, 0.05) is 29.9 Å². The van der Waals surface area contributed by atoms with E-state index in [0.717, 1.165) is 31.9 Å². The third-order valence-corrected chi connectivity index (χ3v) is 4.37. The van der Waals surface area contributed by atoms with E-state index >= 15 is 0 Å². The number of hydrogen-bond donors (Lipinski definition) is 0. The second-order valence-corrected chi connectivity index (χ2v) is 7.55. The van der Waals surface area contributed by atoms with E-state index in [4.69, 9.17) is 4.74 Å². The van der Waals surface area contributed by atoms with Crippen molar-refractivity contribution in [3.05, 3.63) is 30.0 Å². The predicted molar refractivity (Wildman–Crippen MR) is 88.2 cm³/mol. The molecule has 0 aliphatic heterocycles. The summed E-state index contributed by atoms with van der Waals surface area (Å²) in [6.45, 7) is 6.08. The molecule has 0 radical (unpaired) electrons. The van der Waals surface area contributed by atoms with Gasteiger partial charge >= 0.3 is 6.18 Å². The van der Waals surface area contributed by atoms with Crippen molar-refractivity contribution in [1.82, 2.24) is 15.0 Å². The number of rotatable bonds is 2. The Bertz CT molecular complexity index is 747. The van der Waals surface area contributed by atoms with Crippen LogP contribution in [-0.2, 0) is 10.9 Å². The molecule has 0 aromatic carbocycles. The molecular weight excluding hydrogens is 331 g/mol. The van der Waals surface area contributed by atoms with Gasteiger partial charge in [0.1, 0.15) is 11.4 Å². The van der Waals surface area contributed by atoms with Gasteiger partial charge in [-0.1, -0.05) is 0 Å². The highest BCUT2D eigenvalue weighted by Crippen LogP contribution is 2.36. The fourth-order valence-electron chi connectivity index (χ4n) is 3.31. The molecule has 0 unspecified atom stereocenters. The largest absolute Gasteiger partial charge is 0.419 e. The molecule has 136 valence electrons. The highest BCUT2D eigenvalue weighted by Gasteiger charge is 2.34. The van der Waals surface area contributed by atoms with Crippen LogP contribution in [0.3, 0.4) is 0 Å². The molecule has 0 bridgehead atoms. The van der Waals surface area contributed by atoms with Gasteiger partial charge in [-0.3, -0.25) is 4.98 Å². The van der Waals surface area contributed by atoms with Crippen LogP contribution >= 0.6 is 0 Å². The number of fused-ring (bicyclic) bond motifs is 1. The summed E-state index contributed by atoms with van der Waals surface area (Å²) in [5.74, 6) is 0.553. The smallest absolute Gasteiger partial charge is 0.373 e. The number of nitrogens with zero attached hydrogens (tertiary/aromatic N) is 3. The second kappa shape index (κ2) is 6.52. The van der Waals surface area contributed by atoms with Crippen LogP contribution in [0.15, 0.2) is 18.6 Å². The summed E-state index contributed by atoms with van der Waals surface area (Å²) in [6.07, 6.45) is 2.71. The Hall–Kier alpha value is -1.76. The first-order valence-electron chi connectivity index (χ1n) is 8.49. The number of pyridine rings is 1.